The SMILES string of the molecule is COc1cc(Cl)c(C)cc1NC(=O)CC(=O)NCCN1CCOCC1. The zero-order valence-corrected chi connectivity index (χ0v) is 15.3. The van der Waals surface area contributed by atoms with Crippen LogP contribution in [0.2, 0.25) is 5.02 Å². The molecule has 1 aromatic rings. The first-order valence-corrected chi connectivity index (χ1v) is 8.58. The second-order valence-corrected chi connectivity index (χ2v) is 6.24. The minimum atomic E-state index is -0.399. The van der Waals surface area contributed by atoms with E-state index < -0.39 is 5.91 Å². The average Bonchev–Trinajstić information content (AvgIpc) is 2.58. The van der Waals surface area contributed by atoms with Crippen LogP contribution in [0, 0.1) is 6.92 Å². The predicted molar refractivity (Wildman–Crippen MR) is 96.3 cm³/mol. The average molecular weight is 370 g/mol. The van der Waals surface area contributed by atoms with Crippen LogP contribution < -0.4 is 15.4 Å². The van der Waals surface area contributed by atoms with E-state index in [0.29, 0.717) is 23.0 Å². The summed E-state index contributed by atoms with van der Waals surface area (Å²) in [6.07, 6.45) is -0.242. The summed E-state index contributed by atoms with van der Waals surface area (Å²) in [7, 11) is 1.50. The van der Waals surface area contributed by atoms with Gasteiger partial charge in [-0.05, 0) is 18.6 Å². The quantitative estimate of drug-likeness (QED) is 0.711. The van der Waals surface area contributed by atoms with Gasteiger partial charge in [0.05, 0.1) is 26.0 Å². The van der Waals surface area contributed by atoms with Gasteiger partial charge in [0, 0.05) is 37.3 Å². The van der Waals surface area contributed by atoms with Gasteiger partial charge in [-0.1, -0.05) is 11.6 Å². The van der Waals surface area contributed by atoms with Gasteiger partial charge in [0.15, 0.2) is 0 Å². The van der Waals surface area contributed by atoms with Crippen LogP contribution in [-0.2, 0) is 14.3 Å². The lowest BCUT2D eigenvalue weighted by Crippen LogP contribution is -2.41. The lowest BCUT2D eigenvalue weighted by Gasteiger charge is -2.26. The summed E-state index contributed by atoms with van der Waals surface area (Å²) in [5, 5.41) is 6.00. The third-order valence-electron chi connectivity index (χ3n) is 3.93. The van der Waals surface area contributed by atoms with Crippen LogP contribution in [-0.4, -0.2) is 63.2 Å². The van der Waals surface area contributed by atoms with E-state index in [1.807, 2.05) is 6.92 Å². The molecule has 138 valence electrons. The van der Waals surface area contributed by atoms with Crippen molar-refractivity contribution in [2.24, 2.45) is 0 Å². The van der Waals surface area contributed by atoms with Crippen molar-refractivity contribution in [2.75, 3.05) is 51.8 Å². The van der Waals surface area contributed by atoms with Crippen LogP contribution in [0.4, 0.5) is 5.69 Å². The first-order valence-electron chi connectivity index (χ1n) is 8.20. The van der Waals surface area contributed by atoms with Crippen molar-refractivity contribution in [3.05, 3.63) is 22.7 Å². The lowest BCUT2D eigenvalue weighted by molar-refractivity contribution is -0.126. The van der Waals surface area contributed by atoms with E-state index >= 15 is 0 Å². The summed E-state index contributed by atoms with van der Waals surface area (Å²) in [6, 6.07) is 3.35. The van der Waals surface area contributed by atoms with E-state index in [0.717, 1.165) is 38.4 Å². The highest BCUT2D eigenvalue weighted by atomic mass is 35.5. The van der Waals surface area contributed by atoms with Gasteiger partial charge >= 0.3 is 0 Å². The largest absolute Gasteiger partial charge is 0.495 e. The van der Waals surface area contributed by atoms with Crippen molar-refractivity contribution in [3.8, 4) is 5.75 Å². The van der Waals surface area contributed by atoms with Crippen molar-refractivity contribution in [3.63, 3.8) is 0 Å². The predicted octanol–water partition coefficient (Wildman–Crippen LogP) is 1.43. The molecule has 0 atom stereocenters. The fraction of sp³-hybridized carbons (Fsp3) is 0.529. The number of benzene rings is 1. The maximum absolute atomic E-state index is 12.1. The summed E-state index contributed by atoms with van der Waals surface area (Å²) in [5.74, 6) is -0.254. The van der Waals surface area contributed by atoms with Crippen molar-refractivity contribution < 1.29 is 19.1 Å². The van der Waals surface area contributed by atoms with Gasteiger partial charge in [-0.2, -0.15) is 0 Å². The summed E-state index contributed by atoms with van der Waals surface area (Å²) in [4.78, 5) is 26.2. The smallest absolute Gasteiger partial charge is 0.233 e. The minimum absolute atomic E-state index is 0.242. The molecule has 25 heavy (non-hydrogen) atoms. The van der Waals surface area contributed by atoms with E-state index in [-0.39, 0.29) is 12.3 Å². The highest BCUT2D eigenvalue weighted by Crippen LogP contribution is 2.30. The van der Waals surface area contributed by atoms with E-state index in [9.17, 15) is 9.59 Å². The number of hydrogen-bond acceptors (Lipinski definition) is 5. The minimum Gasteiger partial charge on any atom is -0.495 e. The Morgan fingerprint density at radius 2 is 2.00 bits per heavy atom. The fourth-order valence-corrected chi connectivity index (χ4v) is 2.66. The standard InChI is InChI=1S/C17H24ClN3O4/c1-12-9-14(15(24-2)10-13(12)18)20-17(23)11-16(22)19-3-4-21-5-7-25-8-6-21/h9-10H,3-8,11H2,1-2H3,(H,19,22)(H,20,23). The van der Waals surface area contributed by atoms with Crippen molar-refractivity contribution in [2.45, 2.75) is 13.3 Å². The van der Waals surface area contributed by atoms with Crippen LogP contribution in [0.25, 0.3) is 0 Å². The number of aryl methyl sites for hydroxylation is 1. The molecule has 1 aliphatic heterocycles. The Morgan fingerprint density at radius 3 is 2.68 bits per heavy atom. The van der Waals surface area contributed by atoms with Crippen molar-refractivity contribution >= 4 is 29.1 Å². The number of rotatable bonds is 7. The van der Waals surface area contributed by atoms with E-state index in [1.54, 1.807) is 12.1 Å². The Hall–Kier alpha value is -1.83. The molecule has 0 bridgehead atoms. The molecule has 1 heterocycles. The summed E-state index contributed by atoms with van der Waals surface area (Å²) in [5.41, 5.74) is 1.31. The fourth-order valence-electron chi connectivity index (χ4n) is 2.51. The van der Waals surface area contributed by atoms with Gasteiger partial charge in [0.2, 0.25) is 11.8 Å². The first-order chi connectivity index (χ1) is 12.0. The topological polar surface area (TPSA) is 79.9 Å². The first kappa shape index (κ1) is 19.5. The Bertz CT molecular complexity index is 618. The third-order valence-corrected chi connectivity index (χ3v) is 4.34. The zero-order chi connectivity index (χ0) is 18.2. The van der Waals surface area contributed by atoms with Gasteiger partial charge in [-0.25, -0.2) is 0 Å². The number of halogens is 1. The molecule has 0 spiro atoms. The van der Waals surface area contributed by atoms with Crippen LogP contribution in [0.15, 0.2) is 12.1 Å². The number of nitrogens with zero attached hydrogens (tertiary/aromatic N) is 1. The second-order valence-electron chi connectivity index (χ2n) is 5.83. The second kappa shape index (κ2) is 9.60. The van der Waals surface area contributed by atoms with Gasteiger partial charge in [-0.3, -0.25) is 14.5 Å². The molecule has 0 aliphatic carbocycles. The Morgan fingerprint density at radius 1 is 1.28 bits per heavy atom. The molecule has 0 aromatic heterocycles. The number of ether oxygens (including phenoxy) is 2. The van der Waals surface area contributed by atoms with Gasteiger partial charge in [0.1, 0.15) is 12.2 Å². The molecule has 0 radical (unpaired) electrons. The van der Waals surface area contributed by atoms with Crippen LogP contribution in [0.1, 0.15) is 12.0 Å². The van der Waals surface area contributed by atoms with Gasteiger partial charge in [-0.15, -0.1) is 0 Å². The molecule has 0 saturated carbocycles. The monoisotopic (exact) mass is 369 g/mol. The number of amides is 2. The number of anilines is 1. The van der Waals surface area contributed by atoms with E-state index in [2.05, 4.69) is 15.5 Å². The number of morpholine rings is 1. The van der Waals surface area contributed by atoms with Crippen LogP contribution >= 0.6 is 11.6 Å². The molecule has 2 N–H and O–H groups in total. The molecular formula is C17H24ClN3O4. The molecular weight excluding hydrogens is 346 g/mol. The van der Waals surface area contributed by atoms with E-state index in [4.69, 9.17) is 21.1 Å². The Kier molecular flexibility index (Phi) is 7.49. The molecule has 8 heteroatoms. The maximum Gasteiger partial charge on any atom is 0.233 e. The van der Waals surface area contributed by atoms with Gasteiger partial charge < -0.3 is 20.1 Å². The number of hydrogen-bond donors (Lipinski definition) is 2. The highest BCUT2D eigenvalue weighted by Gasteiger charge is 2.14. The normalized spacial score (nSPS) is 14.8. The molecule has 1 aliphatic rings. The molecule has 2 rings (SSSR count). The molecule has 7 nitrogen and oxygen atoms in total. The zero-order valence-electron chi connectivity index (χ0n) is 14.6. The molecule has 1 aromatic carbocycles. The van der Waals surface area contributed by atoms with Gasteiger partial charge in [0.25, 0.3) is 0 Å². The van der Waals surface area contributed by atoms with Crippen molar-refractivity contribution in [1.29, 1.82) is 0 Å². The molecule has 1 fully saturated rings. The molecule has 1 saturated heterocycles. The summed E-state index contributed by atoms with van der Waals surface area (Å²) in [6.45, 7) is 6.27. The number of carbonyl (C=O) groups is 2. The maximum atomic E-state index is 12.1. The Labute approximate surface area is 152 Å². The van der Waals surface area contributed by atoms with Crippen molar-refractivity contribution in [1.82, 2.24) is 10.2 Å². The Balaban J connectivity index is 1.77. The molecule has 0 unspecified atom stereocenters. The van der Waals surface area contributed by atoms with Crippen LogP contribution in [0.5, 0.6) is 5.75 Å². The number of methoxy groups -OCH3 is 1. The summed E-state index contributed by atoms with van der Waals surface area (Å²) >= 11 is 6.04. The summed E-state index contributed by atoms with van der Waals surface area (Å²) < 4.78 is 10.5. The number of nitrogens with one attached hydrogen (secondary N) is 2. The number of carbonyl (C=O) groups excluding carboxylic acids is 2. The highest BCUT2D eigenvalue weighted by molar-refractivity contribution is 6.31. The van der Waals surface area contributed by atoms with Crippen LogP contribution in [0.3, 0.4) is 0 Å². The third kappa shape index (κ3) is 6.19. The lowest BCUT2D eigenvalue weighted by atomic mass is 10.2. The van der Waals surface area contributed by atoms with E-state index in [1.165, 1.54) is 7.11 Å². The molecule has 2 amide bonds.